The van der Waals surface area contributed by atoms with Crippen LogP contribution in [0.3, 0.4) is 0 Å². The highest BCUT2D eigenvalue weighted by atomic mass is 79.9. The number of ketones is 1. The monoisotopic (exact) mass is 434 g/mol. The Kier molecular flexibility index (Phi) is 6.11. The summed E-state index contributed by atoms with van der Waals surface area (Å²) in [4.78, 5) is 25.0. The van der Waals surface area contributed by atoms with Crippen molar-refractivity contribution in [1.82, 2.24) is 9.97 Å². The van der Waals surface area contributed by atoms with Crippen molar-refractivity contribution in [3.8, 4) is 0 Å². The predicted molar refractivity (Wildman–Crippen MR) is 117 cm³/mol. The van der Waals surface area contributed by atoms with Gasteiger partial charge in [-0.05, 0) is 44.2 Å². The Balaban J connectivity index is 1.97. The lowest BCUT2D eigenvalue weighted by Crippen LogP contribution is -2.04. The zero-order chi connectivity index (χ0) is 20.1. The smallest absolute Gasteiger partial charge is 0.161 e. The van der Waals surface area contributed by atoms with Crippen LogP contribution in [0.2, 0.25) is 0 Å². The van der Waals surface area contributed by atoms with Gasteiger partial charge in [0.15, 0.2) is 5.78 Å². The number of halogens is 1. The number of carbonyl (C=O) groups excluding carboxylic acids is 1. The first kappa shape index (κ1) is 19.6. The van der Waals surface area contributed by atoms with E-state index in [0.29, 0.717) is 22.6 Å². The summed E-state index contributed by atoms with van der Waals surface area (Å²) in [5.74, 6) is -0.0121. The van der Waals surface area contributed by atoms with E-state index >= 15 is 0 Å². The second-order valence-corrected chi connectivity index (χ2v) is 7.07. The van der Waals surface area contributed by atoms with Crippen molar-refractivity contribution in [2.24, 2.45) is 4.99 Å². The van der Waals surface area contributed by atoms with E-state index in [1.165, 1.54) is 0 Å². The van der Waals surface area contributed by atoms with Gasteiger partial charge in [0, 0.05) is 39.4 Å². The summed E-state index contributed by atoms with van der Waals surface area (Å²) in [6, 6.07) is 13.1. The van der Waals surface area contributed by atoms with E-state index in [0.717, 1.165) is 21.4 Å². The normalized spacial score (nSPS) is 11.2. The van der Waals surface area contributed by atoms with Crippen LogP contribution < -0.4 is 5.32 Å². The summed E-state index contributed by atoms with van der Waals surface area (Å²) in [5.41, 5.74) is 4.96. The molecule has 0 atom stereocenters. The van der Waals surface area contributed by atoms with Crippen LogP contribution >= 0.6 is 15.9 Å². The highest BCUT2D eigenvalue weighted by molar-refractivity contribution is 9.10. The molecule has 1 heterocycles. The number of hydrogen-bond acceptors (Lipinski definition) is 5. The van der Waals surface area contributed by atoms with Crippen LogP contribution in [-0.4, -0.2) is 21.5 Å². The molecule has 6 heteroatoms. The van der Waals surface area contributed by atoms with Crippen molar-refractivity contribution in [3.63, 3.8) is 0 Å². The molecule has 28 heavy (non-hydrogen) atoms. The Morgan fingerprint density at radius 3 is 2.61 bits per heavy atom. The first-order valence-electron chi connectivity index (χ1n) is 8.63. The van der Waals surface area contributed by atoms with Crippen LogP contribution in [0.25, 0.3) is 5.70 Å². The van der Waals surface area contributed by atoms with Crippen LogP contribution in [-0.2, 0) is 0 Å². The minimum atomic E-state index is -0.0121. The molecule has 5 nitrogen and oxygen atoms in total. The SMILES string of the molecule is C=C(Nc1ccccc1C(C)=O)c1cc(Br)ccc1N=C(C)c1cnccn1. The predicted octanol–water partition coefficient (Wildman–Crippen LogP) is 5.67. The molecule has 0 aliphatic heterocycles. The molecule has 0 fully saturated rings. The number of aromatic nitrogens is 2. The minimum absolute atomic E-state index is 0.0121. The van der Waals surface area contributed by atoms with Crippen molar-refractivity contribution in [2.45, 2.75) is 13.8 Å². The highest BCUT2D eigenvalue weighted by Gasteiger charge is 2.12. The Morgan fingerprint density at radius 1 is 1.11 bits per heavy atom. The number of rotatable bonds is 6. The zero-order valence-electron chi connectivity index (χ0n) is 15.6. The van der Waals surface area contributed by atoms with Crippen LogP contribution in [0.4, 0.5) is 11.4 Å². The summed E-state index contributed by atoms with van der Waals surface area (Å²) >= 11 is 3.51. The molecule has 1 aromatic heterocycles. The lowest BCUT2D eigenvalue weighted by atomic mass is 10.1. The number of anilines is 1. The average Bonchev–Trinajstić information content (AvgIpc) is 2.70. The van der Waals surface area contributed by atoms with Crippen molar-refractivity contribution in [3.05, 3.63) is 88.9 Å². The molecular formula is C22H19BrN4O. The van der Waals surface area contributed by atoms with Gasteiger partial charge in [0.25, 0.3) is 0 Å². The number of nitrogens with one attached hydrogen (secondary N) is 1. The van der Waals surface area contributed by atoms with Crippen LogP contribution in [0.15, 0.2) is 77.1 Å². The van der Waals surface area contributed by atoms with Crippen LogP contribution in [0.1, 0.15) is 35.5 Å². The van der Waals surface area contributed by atoms with Gasteiger partial charge >= 0.3 is 0 Å². The molecule has 0 unspecified atom stereocenters. The summed E-state index contributed by atoms with van der Waals surface area (Å²) < 4.78 is 0.904. The lowest BCUT2D eigenvalue weighted by molar-refractivity contribution is 0.101. The largest absolute Gasteiger partial charge is 0.355 e. The van der Waals surface area contributed by atoms with Gasteiger partial charge in [-0.2, -0.15) is 0 Å². The molecule has 3 aromatic rings. The molecule has 0 spiro atoms. The summed E-state index contributed by atoms with van der Waals surface area (Å²) in [5, 5.41) is 3.26. The molecular weight excluding hydrogens is 416 g/mol. The minimum Gasteiger partial charge on any atom is -0.355 e. The van der Waals surface area contributed by atoms with Gasteiger partial charge < -0.3 is 5.32 Å². The Morgan fingerprint density at radius 2 is 1.89 bits per heavy atom. The number of nitrogens with zero attached hydrogens (tertiary/aromatic N) is 3. The molecule has 0 saturated carbocycles. The Hall–Kier alpha value is -3.12. The molecule has 0 aliphatic rings. The molecule has 140 valence electrons. The fourth-order valence-electron chi connectivity index (χ4n) is 2.70. The second kappa shape index (κ2) is 8.71. The summed E-state index contributed by atoms with van der Waals surface area (Å²) in [6.45, 7) is 7.59. The molecule has 0 saturated heterocycles. The maximum atomic E-state index is 11.9. The van der Waals surface area contributed by atoms with E-state index in [-0.39, 0.29) is 5.78 Å². The van der Waals surface area contributed by atoms with Gasteiger partial charge in [-0.3, -0.25) is 19.8 Å². The first-order valence-corrected chi connectivity index (χ1v) is 9.42. The molecule has 1 N–H and O–H groups in total. The van der Waals surface area contributed by atoms with Gasteiger partial charge in [-0.1, -0.05) is 34.6 Å². The number of hydrogen-bond donors (Lipinski definition) is 1. The molecule has 3 rings (SSSR count). The maximum Gasteiger partial charge on any atom is 0.161 e. The second-order valence-electron chi connectivity index (χ2n) is 6.15. The fourth-order valence-corrected chi connectivity index (χ4v) is 3.06. The third-order valence-corrected chi connectivity index (χ3v) is 4.59. The van der Waals surface area contributed by atoms with E-state index < -0.39 is 0 Å². The van der Waals surface area contributed by atoms with Crippen LogP contribution in [0.5, 0.6) is 0 Å². The number of benzene rings is 2. The van der Waals surface area contributed by atoms with Gasteiger partial charge in [-0.15, -0.1) is 0 Å². The van der Waals surface area contributed by atoms with E-state index in [4.69, 9.17) is 4.99 Å². The quantitative estimate of drug-likeness (QED) is 0.401. The number of aliphatic imine (C=N–C) groups is 1. The van der Waals surface area contributed by atoms with Crippen molar-refractivity contribution >= 4 is 44.5 Å². The van der Waals surface area contributed by atoms with Gasteiger partial charge in [0.05, 0.1) is 17.6 Å². The van der Waals surface area contributed by atoms with Crippen molar-refractivity contribution in [2.75, 3.05) is 5.32 Å². The highest BCUT2D eigenvalue weighted by Crippen LogP contribution is 2.31. The van der Waals surface area contributed by atoms with Gasteiger partial charge in [-0.25, -0.2) is 0 Å². The molecule has 0 radical (unpaired) electrons. The number of Topliss-reactive ketones (excluding diaryl/α,β-unsaturated/α-hetero) is 1. The summed E-state index contributed by atoms with van der Waals surface area (Å²) in [6.07, 6.45) is 4.93. The molecule has 0 aliphatic carbocycles. The summed E-state index contributed by atoms with van der Waals surface area (Å²) in [7, 11) is 0. The zero-order valence-corrected chi connectivity index (χ0v) is 17.2. The standard InChI is InChI=1S/C22H19BrN4O/c1-14(26-20-7-5-4-6-18(20)16(3)28)19-12-17(23)8-9-21(19)27-15(2)22-13-24-10-11-25-22/h4-13,26H,1H2,2-3H3. The molecule has 0 bridgehead atoms. The maximum absolute atomic E-state index is 11.9. The molecule has 0 amide bonds. The Bertz CT molecular complexity index is 1060. The van der Waals surface area contributed by atoms with E-state index in [1.807, 2.05) is 43.3 Å². The molecule has 2 aromatic carbocycles. The first-order chi connectivity index (χ1) is 13.5. The van der Waals surface area contributed by atoms with Crippen molar-refractivity contribution in [1.29, 1.82) is 0 Å². The van der Waals surface area contributed by atoms with Crippen LogP contribution in [0, 0.1) is 0 Å². The topological polar surface area (TPSA) is 67.2 Å². The third-order valence-electron chi connectivity index (χ3n) is 4.10. The van der Waals surface area contributed by atoms with Gasteiger partial charge in [0.1, 0.15) is 5.69 Å². The van der Waals surface area contributed by atoms with E-state index in [2.05, 4.69) is 37.8 Å². The van der Waals surface area contributed by atoms with E-state index in [9.17, 15) is 4.79 Å². The lowest BCUT2D eigenvalue weighted by Gasteiger charge is -2.15. The fraction of sp³-hybridized carbons (Fsp3) is 0.0909. The third kappa shape index (κ3) is 4.58. The number of carbonyl (C=O) groups is 1. The van der Waals surface area contributed by atoms with E-state index in [1.54, 1.807) is 31.6 Å². The number of para-hydroxylation sites is 1. The van der Waals surface area contributed by atoms with Gasteiger partial charge in [0.2, 0.25) is 0 Å². The average molecular weight is 435 g/mol. The van der Waals surface area contributed by atoms with Crippen molar-refractivity contribution < 1.29 is 4.79 Å². The Labute approximate surface area is 172 Å².